The molecule has 2 heterocycles. The number of hydrogen-bond donors (Lipinski definition) is 2. The largest absolute Gasteiger partial charge is 0.473 e. The van der Waals surface area contributed by atoms with Crippen LogP contribution in [0.5, 0.6) is 0 Å². The average molecular weight is 371 g/mol. The van der Waals surface area contributed by atoms with Crippen molar-refractivity contribution in [3.05, 3.63) is 41.0 Å². The number of carbonyl (C=O) groups is 3. The molecule has 7 nitrogen and oxygen atoms in total. The first kappa shape index (κ1) is 18.6. The molecule has 0 aliphatic carbocycles. The zero-order chi connectivity index (χ0) is 20.1. The van der Waals surface area contributed by atoms with Crippen molar-refractivity contribution in [2.75, 3.05) is 5.32 Å². The van der Waals surface area contributed by atoms with Crippen LogP contribution in [0.1, 0.15) is 33.3 Å². The molecule has 0 radical (unpaired) electrons. The summed E-state index contributed by atoms with van der Waals surface area (Å²) in [6, 6.07) is 5.35. The van der Waals surface area contributed by atoms with Crippen molar-refractivity contribution in [3.8, 4) is 6.07 Å². The van der Waals surface area contributed by atoms with Crippen molar-refractivity contribution in [3.63, 3.8) is 0 Å². The summed E-state index contributed by atoms with van der Waals surface area (Å²) in [5.41, 5.74) is -2.66. The molecule has 0 fully saturated rings. The fourth-order valence-electron chi connectivity index (χ4n) is 3.57. The minimum Gasteiger partial charge on any atom is -0.473 e. The van der Waals surface area contributed by atoms with Crippen LogP contribution in [0.4, 0.5) is 10.1 Å². The fourth-order valence-corrected chi connectivity index (χ4v) is 3.57. The molecule has 2 unspecified atom stereocenters. The number of amides is 2. The summed E-state index contributed by atoms with van der Waals surface area (Å²) in [6.45, 7) is 6.32. The molecule has 2 aliphatic rings. The molecule has 8 heteroatoms. The summed E-state index contributed by atoms with van der Waals surface area (Å²) in [6.07, 6.45) is 0. The van der Waals surface area contributed by atoms with Crippen molar-refractivity contribution in [2.45, 2.75) is 38.7 Å². The number of nitriles is 1. The van der Waals surface area contributed by atoms with Gasteiger partial charge in [0.25, 0.3) is 0 Å². The Kier molecular flexibility index (Phi) is 4.07. The van der Waals surface area contributed by atoms with E-state index in [1.54, 1.807) is 20.8 Å². The van der Waals surface area contributed by atoms with Crippen molar-refractivity contribution in [2.24, 2.45) is 5.92 Å². The van der Waals surface area contributed by atoms with Crippen molar-refractivity contribution in [1.82, 2.24) is 5.32 Å². The third-order valence-electron chi connectivity index (χ3n) is 4.46. The molecular formula is C19H18FN3O4. The van der Waals surface area contributed by atoms with Crippen molar-refractivity contribution in [1.29, 1.82) is 5.26 Å². The van der Waals surface area contributed by atoms with Gasteiger partial charge in [-0.05, 0) is 45.9 Å². The highest BCUT2D eigenvalue weighted by molar-refractivity contribution is 6.19. The van der Waals surface area contributed by atoms with Crippen LogP contribution in [-0.4, -0.2) is 23.2 Å². The van der Waals surface area contributed by atoms with Gasteiger partial charge in [0, 0.05) is 11.3 Å². The Morgan fingerprint density at radius 1 is 1.30 bits per heavy atom. The number of Topliss-reactive ketones (excluding diaryl/α,β-unsaturated/α-hetero) is 1. The van der Waals surface area contributed by atoms with E-state index in [2.05, 4.69) is 10.6 Å². The number of ether oxygens (including phenoxy) is 1. The van der Waals surface area contributed by atoms with Gasteiger partial charge in [0.2, 0.25) is 17.7 Å². The topological polar surface area (TPSA) is 108 Å². The van der Waals surface area contributed by atoms with Crippen molar-refractivity contribution < 1.29 is 23.5 Å². The Labute approximate surface area is 155 Å². The standard InChI is InChI=1S/C19H18FN3O4/c1-9(24)14-16(27-18(2,3)4)23-15(25)12(8-21)19(14)11-7-10(20)5-6-13(11)22-17(19)26/h5-7,12H,1-4H3,(H,22,26)(H,23,25). The van der Waals surface area contributed by atoms with Crippen LogP contribution in [0, 0.1) is 23.1 Å². The maximum atomic E-state index is 14.0. The number of anilines is 1. The second kappa shape index (κ2) is 5.91. The van der Waals surface area contributed by atoms with Crippen LogP contribution < -0.4 is 10.6 Å². The molecule has 1 aromatic rings. The van der Waals surface area contributed by atoms with E-state index in [0.717, 1.165) is 12.1 Å². The smallest absolute Gasteiger partial charge is 0.245 e. The van der Waals surface area contributed by atoms with Gasteiger partial charge in [0.05, 0.1) is 11.6 Å². The highest BCUT2D eigenvalue weighted by Crippen LogP contribution is 2.51. The van der Waals surface area contributed by atoms with Gasteiger partial charge in [-0.25, -0.2) is 4.39 Å². The highest BCUT2D eigenvalue weighted by atomic mass is 19.1. The van der Waals surface area contributed by atoms with Crippen LogP contribution >= 0.6 is 0 Å². The molecule has 2 atom stereocenters. The maximum Gasteiger partial charge on any atom is 0.245 e. The fraction of sp³-hybridized carbons (Fsp3) is 0.368. The number of benzene rings is 1. The lowest BCUT2D eigenvalue weighted by Crippen LogP contribution is -2.56. The predicted molar refractivity (Wildman–Crippen MR) is 92.5 cm³/mol. The van der Waals surface area contributed by atoms with E-state index in [4.69, 9.17) is 4.74 Å². The zero-order valence-electron chi connectivity index (χ0n) is 15.3. The number of carbonyl (C=O) groups excluding carboxylic acids is 3. The van der Waals surface area contributed by atoms with Crippen LogP contribution in [0.15, 0.2) is 29.7 Å². The molecule has 2 N–H and O–H groups in total. The molecule has 0 bridgehead atoms. The number of rotatable bonds is 2. The van der Waals surface area contributed by atoms with E-state index in [1.165, 1.54) is 13.0 Å². The van der Waals surface area contributed by atoms with E-state index in [9.17, 15) is 24.0 Å². The summed E-state index contributed by atoms with van der Waals surface area (Å²) in [5.74, 6) is -4.53. The van der Waals surface area contributed by atoms with E-state index in [0.29, 0.717) is 0 Å². The molecular weight excluding hydrogens is 353 g/mol. The summed E-state index contributed by atoms with van der Waals surface area (Å²) in [4.78, 5) is 38.3. The van der Waals surface area contributed by atoms with Crippen LogP contribution in [0.3, 0.4) is 0 Å². The SMILES string of the molecule is CC(=O)C1=C(OC(C)(C)C)NC(=O)C(C#N)C12C(=O)Nc1ccc(F)cc12. The normalized spacial score (nSPS) is 24.2. The number of nitrogens with one attached hydrogen (secondary N) is 2. The Morgan fingerprint density at radius 2 is 1.96 bits per heavy atom. The maximum absolute atomic E-state index is 14.0. The van der Waals surface area contributed by atoms with Gasteiger partial charge in [-0.15, -0.1) is 0 Å². The molecule has 1 aromatic carbocycles. The Balaban J connectivity index is 2.43. The highest BCUT2D eigenvalue weighted by Gasteiger charge is 2.63. The van der Waals surface area contributed by atoms with E-state index >= 15 is 0 Å². The van der Waals surface area contributed by atoms with Crippen molar-refractivity contribution >= 4 is 23.3 Å². The lowest BCUT2D eigenvalue weighted by Gasteiger charge is -2.39. The number of halogens is 1. The van der Waals surface area contributed by atoms with Crippen LogP contribution in [0.25, 0.3) is 0 Å². The Morgan fingerprint density at radius 3 is 2.52 bits per heavy atom. The second-order valence-electron chi connectivity index (χ2n) is 7.48. The first-order valence-electron chi connectivity index (χ1n) is 8.29. The van der Waals surface area contributed by atoms with Gasteiger partial charge in [-0.1, -0.05) is 0 Å². The zero-order valence-corrected chi connectivity index (χ0v) is 15.3. The molecule has 3 rings (SSSR count). The van der Waals surface area contributed by atoms with Gasteiger partial charge >= 0.3 is 0 Å². The third-order valence-corrected chi connectivity index (χ3v) is 4.46. The minimum absolute atomic E-state index is 0.0640. The quantitative estimate of drug-likeness (QED) is 0.825. The van der Waals surface area contributed by atoms with E-state index in [1.807, 2.05) is 6.07 Å². The predicted octanol–water partition coefficient (Wildman–Crippen LogP) is 1.90. The first-order chi connectivity index (χ1) is 12.5. The lowest BCUT2D eigenvalue weighted by atomic mass is 9.63. The van der Waals surface area contributed by atoms with Gasteiger partial charge in [-0.3, -0.25) is 19.7 Å². The summed E-state index contributed by atoms with van der Waals surface area (Å²) < 4.78 is 19.7. The molecule has 0 aromatic heterocycles. The average Bonchev–Trinajstić information content (AvgIpc) is 2.79. The van der Waals surface area contributed by atoms with Crippen LogP contribution in [0.2, 0.25) is 0 Å². The number of nitrogens with zero attached hydrogens (tertiary/aromatic N) is 1. The monoisotopic (exact) mass is 371 g/mol. The molecule has 1 spiro atoms. The number of ketones is 1. The van der Waals surface area contributed by atoms with Gasteiger partial charge < -0.3 is 10.1 Å². The molecule has 27 heavy (non-hydrogen) atoms. The third kappa shape index (κ3) is 2.67. The van der Waals surface area contributed by atoms with Gasteiger partial charge in [0.15, 0.2) is 5.78 Å². The number of fused-ring (bicyclic) bond motifs is 2. The molecule has 0 saturated carbocycles. The molecule has 2 amide bonds. The van der Waals surface area contributed by atoms with Crippen LogP contribution in [-0.2, 0) is 24.5 Å². The minimum atomic E-state index is -1.99. The number of hydrogen-bond acceptors (Lipinski definition) is 5. The second-order valence-corrected chi connectivity index (χ2v) is 7.48. The molecule has 140 valence electrons. The molecule has 2 aliphatic heterocycles. The Hall–Kier alpha value is -3.21. The van der Waals surface area contributed by atoms with E-state index < -0.39 is 40.3 Å². The molecule has 0 saturated heterocycles. The summed E-state index contributed by atoms with van der Waals surface area (Å²) >= 11 is 0. The van der Waals surface area contributed by atoms with Gasteiger partial charge in [0.1, 0.15) is 22.8 Å². The summed E-state index contributed by atoms with van der Waals surface area (Å²) in [5, 5.41) is 14.6. The first-order valence-corrected chi connectivity index (χ1v) is 8.29. The lowest BCUT2D eigenvalue weighted by molar-refractivity contribution is -0.134. The van der Waals surface area contributed by atoms with Gasteiger partial charge in [-0.2, -0.15) is 5.26 Å². The Bertz CT molecular complexity index is 955. The van der Waals surface area contributed by atoms with E-state index in [-0.39, 0.29) is 22.7 Å². The summed E-state index contributed by atoms with van der Waals surface area (Å²) in [7, 11) is 0.